The van der Waals surface area contributed by atoms with E-state index in [9.17, 15) is 13.9 Å². The Kier molecular flexibility index (Phi) is 4.12. The standard InChI is InChI=1S/C15H15F2NO/c1-10(19)12-4-2-3-5-15(12)18-9-11-6-7-13(16)14(17)8-11/h2-8,10,18-19H,9H2,1H3. The predicted molar refractivity (Wildman–Crippen MR) is 70.8 cm³/mol. The predicted octanol–water partition coefficient (Wildman–Crippen LogP) is 3.63. The summed E-state index contributed by atoms with van der Waals surface area (Å²) in [7, 11) is 0. The number of benzene rings is 2. The Hall–Kier alpha value is -1.94. The summed E-state index contributed by atoms with van der Waals surface area (Å²) in [5.41, 5.74) is 2.19. The molecule has 0 fully saturated rings. The highest BCUT2D eigenvalue weighted by Crippen LogP contribution is 2.22. The van der Waals surface area contributed by atoms with Gasteiger partial charge in [-0.2, -0.15) is 0 Å². The van der Waals surface area contributed by atoms with Crippen LogP contribution in [0.1, 0.15) is 24.2 Å². The van der Waals surface area contributed by atoms with Crippen LogP contribution in [0.25, 0.3) is 0 Å². The maximum absolute atomic E-state index is 13.1. The molecule has 4 heteroatoms. The fraction of sp³-hybridized carbons (Fsp3) is 0.200. The highest BCUT2D eigenvalue weighted by atomic mass is 19.2. The highest BCUT2D eigenvalue weighted by Gasteiger charge is 2.07. The molecule has 100 valence electrons. The average molecular weight is 263 g/mol. The number of nitrogens with one attached hydrogen (secondary N) is 1. The quantitative estimate of drug-likeness (QED) is 0.882. The SMILES string of the molecule is CC(O)c1ccccc1NCc1ccc(F)c(F)c1. The van der Waals surface area contributed by atoms with Crippen LogP contribution < -0.4 is 5.32 Å². The van der Waals surface area contributed by atoms with Gasteiger partial charge >= 0.3 is 0 Å². The molecule has 0 aliphatic heterocycles. The number of aliphatic hydroxyl groups is 1. The van der Waals surface area contributed by atoms with E-state index >= 15 is 0 Å². The molecule has 0 heterocycles. The van der Waals surface area contributed by atoms with Crippen LogP contribution in [0, 0.1) is 11.6 Å². The van der Waals surface area contributed by atoms with Crippen LogP contribution in [0.5, 0.6) is 0 Å². The van der Waals surface area contributed by atoms with Crippen LogP contribution >= 0.6 is 0 Å². The summed E-state index contributed by atoms with van der Waals surface area (Å²) in [5.74, 6) is -1.71. The van der Waals surface area contributed by atoms with Gasteiger partial charge in [-0.25, -0.2) is 8.78 Å². The Balaban J connectivity index is 2.12. The molecule has 2 aromatic rings. The molecule has 2 aromatic carbocycles. The minimum absolute atomic E-state index is 0.362. The molecule has 0 aromatic heterocycles. The van der Waals surface area contributed by atoms with Gasteiger partial charge in [0, 0.05) is 17.8 Å². The Labute approximate surface area is 110 Å². The summed E-state index contributed by atoms with van der Waals surface area (Å²) in [6.07, 6.45) is -0.589. The van der Waals surface area contributed by atoms with Gasteiger partial charge in [-0.1, -0.05) is 24.3 Å². The van der Waals surface area contributed by atoms with E-state index in [0.717, 1.165) is 23.4 Å². The van der Waals surface area contributed by atoms with Crippen LogP contribution in [0.2, 0.25) is 0 Å². The van der Waals surface area contributed by atoms with Gasteiger partial charge < -0.3 is 10.4 Å². The lowest BCUT2D eigenvalue weighted by Gasteiger charge is -2.14. The third-order valence-corrected chi connectivity index (χ3v) is 2.88. The van der Waals surface area contributed by atoms with E-state index in [1.807, 2.05) is 24.3 Å². The first-order valence-electron chi connectivity index (χ1n) is 6.02. The van der Waals surface area contributed by atoms with Crippen LogP contribution in [-0.4, -0.2) is 5.11 Å². The lowest BCUT2D eigenvalue weighted by atomic mass is 10.1. The maximum Gasteiger partial charge on any atom is 0.159 e. The molecular weight excluding hydrogens is 248 g/mol. The van der Waals surface area contributed by atoms with Crippen LogP contribution in [0.4, 0.5) is 14.5 Å². The minimum atomic E-state index is -0.858. The number of hydrogen-bond donors (Lipinski definition) is 2. The third-order valence-electron chi connectivity index (χ3n) is 2.88. The van der Waals surface area contributed by atoms with E-state index < -0.39 is 17.7 Å². The van der Waals surface area contributed by atoms with Crippen LogP contribution in [0.3, 0.4) is 0 Å². The van der Waals surface area contributed by atoms with Crippen molar-refractivity contribution >= 4 is 5.69 Å². The normalized spacial score (nSPS) is 12.2. The van der Waals surface area contributed by atoms with E-state index in [4.69, 9.17) is 0 Å². The van der Waals surface area contributed by atoms with Gasteiger partial charge in [-0.3, -0.25) is 0 Å². The Morgan fingerprint density at radius 3 is 2.53 bits per heavy atom. The summed E-state index contributed by atoms with van der Waals surface area (Å²) in [4.78, 5) is 0. The molecule has 0 amide bonds. The summed E-state index contributed by atoms with van der Waals surface area (Å²) >= 11 is 0. The van der Waals surface area contributed by atoms with E-state index in [1.54, 1.807) is 6.92 Å². The fourth-order valence-electron chi connectivity index (χ4n) is 1.87. The molecular formula is C15H15F2NO. The number of anilines is 1. The summed E-state index contributed by atoms with van der Waals surface area (Å²) < 4.78 is 25.9. The van der Waals surface area contributed by atoms with Crippen molar-refractivity contribution in [2.45, 2.75) is 19.6 Å². The third kappa shape index (κ3) is 3.29. The van der Waals surface area contributed by atoms with Crippen molar-refractivity contribution < 1.29 is 13.9 Å². The Morgan fingerprint density at radius 1 is 1.11 bits per heavy atom. The van der Waals surface area contributed by atoms with E-state index in [1.165, 1.54) is 6.07 Å². The van der Waals surface area contributed by atoms with Gasteiger partial charge in [-0.05, 0) is 30.7 Å². The van der Waals surface area contributed by atoms with Gasteiger partial charge in [0.2, 0.25) is 0 Å². The zero-order valence-corrected chi connectivity index (χ0v) is 10.5. The second-order valence-corrected chi connectivity index (χ2v) is 4.37. The zero-order chi connectivity index (χ0) is 13.8. The molecule has 1 atom stereocenters. The number of rotatable bonds is 4. The van der Waals surface area contributed by atoms with Crippen molar-refractivity contribution in [2.75, 3.05) is 5.32 Å². The monoisotopic (exact) mass is 263 g/mol. The smallest absolute Gasteiger partial charge is 0.159 e. The molecule has 2 rings (SSSR count). The average Bonchev–Trinajstić information content (AvgIpc) is 2.40. The summed E-state index contributed by atoms with van der Waals surface area (Å²) in [6.45, 7) is 2.04. The largest absolute Gasteiger partial charge is 0.389 e. The fourth-order valence-corrected chi connectivity index (χ4v) is 1.87. The maximum atomic E-state index is 13.1. The van der Waals surface area contributed by atoms with Gasteiger partial charge in [0.25, 0.3) is 0 Å². The van der Waals surface area contributed by atoms with Crippen molar-refractivity contribution in [1.82, 2.24) is 0 Å². The molecule has 2 N–H and O–H groups in total. The first-order chi connectivity index (χ1) is 9.08. The molecule has 0 aliphatic rings. The molecule has 0 radical (unpaired) electrons. The topological polar surface area (TPSA) is 32.3 Å². The van der Waals surface area contributed by atoms with E-state index in [2.05, 4.69) is 5.32 Å². The van der Waals surface area contributed by atoms with Crippen molar-refractivity contribution in [3.63, 3.8) is 0 Å². The second-order valence-electron chi connectivity index (χ2n) is 4.37. The van der Waals surface area contributed by atoms with Gasteiger partial charge in [0.15, 0.2) is 11.6 Å². The molecule has 0 saturated carbocycles. The van der Waals surface area contributed by atoms with Crippen molar-refractivity contribution in [3.05, 3.63) is 65.2 Å². The Morgan fingerprint density at radius 2 is 1.84 bits per heavy atom. The Bertz CT molecular complexity index is 570. The van der Waals surface area contributed by atoms with Crippen LogP contribution in [-0.2, 0) is 6.54 Å². The first kappa shape index (κ1) is 13.5. The van der Waals surface area contributed by atoms with E-state index in [0.29, 0.717) is 12.1 Å². The number of aliphatic hydroxyl groups excluding tert-OH is 1. The van der Waals surface area contributed by atoms with Crippen molar-refractivity contribution in [3.8, 4) is 0 Å². The minimum Gasteiger partial charge on any atom is -0.389 e. The molecule has 0 bridgehead atoms. The first-order valence-corrected chi connectivity index (χ1v) is 6.02. The van der Waals surface area contributed by atoms with Gasteiger partial charge in [0.1, 0.15) is 0 Å². The van der Waals surface area contributed by atoms with Gasteiger partial charge in [-0.15, -0.1) is 0 Å². The molecule has 1 unspecified atom stereocenters. The van der Waals surface area contributed by atoms with Gasteiger partial charge in [0.05, 0.1) is 6.10 Å². The highest BCUT2D eigenvalue weighted by molar-refractivity contribution is 5.52. The zero-order valence-electron chi connectivity index (χ0n) is 10.5. The number of halogens is 2. The molecule has 0 saturated heterocycles. The van der Waals surface area contributed by atoms with Crippen molar-refractivity contribution in [2.24, 2.45) is 0 Å². The molecule has 0 spiro atoms. The molecule has 19 heavy (non-hydrogen) atoms. The lowest BCUT2D eigenvalue weighted by Crippen LogP contribution is -2.04. The molecule has 0 aliphatic carbocycles. The number of hydrogen-bond acceptors (Lipinski definition) is 2. The van der Waals surface area contributed by atoms with Crippen LogP contribution in [0.15, 0.2) is 42.5 Å². The van der Waals surface area contributed by atoms with E-state index in [-0.39, 0.29) is 0 Å². The summed E-state index contributed by atoms with van der Waals surface area (Å²) in [6, 6.07) is 11.1. The van der Waals surface area contributed by atoms with Crippen molar-refractivity contribution in [1.29, 1.82) is 0 Å². The summed E-state index contributed by atoms with van der Waals surface area (Å²) in [5, 5.41) is 12.7. The lowest BCUT2D eigenvalue weighted by molar-refractivity contribution is 0.200. The molecule has 2 nitrogen and oxygen atoms in total. The number of para-hydroxylation sites is 1. The second kappa shape index (κ2) is 5.80.